The van der Waals surface area contributed by atoms with Gasteiger partial charge in [-0.3, -0.25) is 4.79 Å². The molecule has 23 heavy (non-hydrogen) atoms. The predicted octanol–water partition coefficient (Wildman–Crippen LogP) is 2.25. The zero-order valence-electron chi connectivity index (χ0n) is 13.3. The van der Waals surface area contributed by atoms with Crippen LogP contribution in [-0.4, -0.2) is 43.6 Å². The van der Waals surface area contributed by atoms with Crippen LogP contribution in [0.5, 0.6) is 0 Å². The Morgan fingerprint density at radius 2 is 2.13 bits per heavy atom. The molecule has 0 spiro atoms. The largest absolute Gasteiger partial charge is 0.355 e. The number of halogens is 2. The van der Waals surface area contributed by atoms with Crippen molar-refractivity contribution in [1.82, 2.24) is 15.6 Å². The minimum atomic E-state index is 0. The standard InChI is InChI=1S/C15H24N4OS.2ClH/c20-14(12-4-3-6-16-10-12)17-7-5-13-11-21-15(18-13)19-8-1-2-9-19;;/h11-12,16H,1-10H2,(H,17,20);2*1H. The lowest BCUT2D eigenvalue weighted by molar-refractivity contribution is -0.125. The number of aromatic nitrogens is 1. The fourth-order valence-electron chi connectivity index (χ4n) is 3.00. The molecule has 2 saturated heterocycles. The van der Waals surface area contributed by atoms with E-state index in [9.17, 15) is 4.79 Å². The molecule has 0 bridgehead atoms. The molecule has 2 aliphatic heterocycles. The normalized spacial score (nSPS) is 20.5. The summed E-state index contributed by atoms with van der Waals surface area (Å²) in [6, 6.07) is 0. The average molecular weight is 381 g/mol. The molecular formula is C15H26Cl2N4OS. The number of carbonyl (C=O) groups is 1. The van der Waals surface area contributed by atoms with Crippen molar-refractivity contribution >= 4 is 47.2 Å². The van der Waals surface area contributed by atoms with Crippen LogP contribution in [0.2, 0.25) is 0 Å². The minimum Gasteiger partial charge on any atom is -0.355 e. The van der Waals surface area contributed by atoms with Gasteiger partial charge in [-0.25, -0.2) is 4.98 Å². The zero-order chi connectivity index (χ0) is 14.5. The number of hydrogen-bond donors (Lipinski definition) is 2. The predicted molar refractivity (Wildman–Crippen MR) is 100 cm³/mol. The minimum absolute atomic E-state index is 0. The molecule has 1 unspecified atom stereocenters. The van der Waals surface area contributed by atoms with Crippen LogP contribution >= 0.6 is 36.2 Å². The number of thiazole rings is 1. The van der Waals surface area contributed by atoms with E-state index in [-0.39, 0.29) is 36.6 Å². The van der Waals surface area contributed by atoms with Crippen LogP contribution in [0.4, 0.5) is 5.13 Å². The third kappa shape index (κ3) is 5.78. The van der Waals surface area contributed by atoms with Gasteiger partial charge in [-0.15, -0.1) is 36.2 Å². The highest BCUT2D eigenvalue weighted by Crippen LogP contribution is 2.24. The molecule has 0 aromatic carbocycles. The molecule has 5 nitrogen and oxygen atoms in total. The lowest BCUT2D eigenvalue weighted by Gasteiger charge is -2.21. The first-order valence-corrected chi connectivity index (χ1v) is 8.88. The van der Waals surface area contributed by atoms with Gasteiger partial charge in [-0.2, -0.15) is 0 Å². The number of nitrogens with zero attached hydrogens (tertiary/aromatic N) is 2. The second kappa shape index (κ2) is 10.3. The van der Waals surface area contributed by atoms with Crippen molar-refractivity contribution in [3.63, 3.8) is 0 Å². The fraction of sp³-hybridized carbons (Fsp3) is 0.733. The molecule has 0 radical (unpaired) electrons. The summed E-state index contributed by atoms with van der Waals surface area (Å²) in [5.74, 6) is 0.339. The molecule has 2 N–H and O–H groups in total. The number of anilines is 1. The number of carbonyl (C=O) groups excluding carboxylic acids is 1. The zero-order valence-corrected chi connectivity index (χ0v) is 15.7. The van der Waals surface area contributed by atoms with Crippen molar-refractivity contribution < 1.29 is 4.79 Å². The van der Waals surface area contributed by atoms with E-state index in [4.69, 9.17) is 0 Å². The van der Waals surface area contributed by atoms with E-state index in [0.29, 0.717) is 6.54 Å². The highest BCUT2D eigenvalue weighted by molar-refractivity contribution is 7.13. The Bertz CT molecular complexity index is 474. The Morgan fingerprint density at radius 1 is 1.35 bits per heavy atom. The van der Waals surface area contributed by atoms with Gasteiger partial charge < -0.3 is 15.5 Å². The van der Waals surface area contributed by atoms with Gasteiger partial charge in [0.05, 0.1) is 11.6 Å². The molecule has 8 heteroatoms. The SMILES string of the molecule is Cl.Cl.O=C(NCCc1csc(N2CCCC2)n1)C1CCCNC1. The fourth-order valence-corrected chi connectivity index (χ4v) is 3.91. The highest BCUT2D eigenvalue weighted by atomic mass is 35.5. The van der Waals surface area contributed by atoms with Crippen LogP contribution in [0, 0.1) is 5.92 Å². The summed E-state index contributed by atoms with van der Waals surface area (Å²) >= 11 is 1.73. The number of nitrogens with one attached hydrogen (secondary N) is 2. The number of hydrogen-bond acceptors (Lipinski definition) is 5. The van der Waals surface area contributed by atoms with E-state index in [0.717, 1.165) is 56.3 Å². The summed E-state index contributed by atoms with van der Waals surface area (Å²) in [6.07, 6.45) is 5.50. The molecular weight excluding hydrogens is 355 g/mol. The monoisotopic (exact) mass is 380 g/mol. The van der Waals surface area contributed by atoms with Crippen LogP contribution in [0.25, 0.3) is 0 Å². The number of piperidine rings is 1. The number of rotatable bonds is 5. The smallest absolute Gasteiger partial charge is 0.224 e. The van der Waals surface area contributed by atoms with Crippen LogP contribution in [0.3, 0.4) is 0 Å². The van der Waals surface area contributed by atoms with Gasteiger partial charge in [0.1, 0.15) is 0 Å². The first-order chi connectivity index (χ1) is 10.3. The van der Waals surface area contributed by atoms with E-state index in [2.05, 4.69) is 25.9 Å². The second-order valence-electron chi connectivity index (χ2n) is 5.90. The van der Waals surface area contributed by atoms with Gasteiger partial charge in [0.25, 0.3) is 0 Å². The highest BCUT2D eigenvalue weighted by Gasteiger charge is 2.20. The van der Waals surface area contributed by atoms with E-state index >= 15 is 0 Å². The molecule has 1 atom stereocenters. The third-order valence-corrected chi connectivity index (χ3v) is 5.21. The van der Waals surface area contributed by atoms with Crippen LogP contribution < -0.4 is 15.5 Å². The van der Waals surface area contributed by atoms with Gasteiger partial charge >= 0.3 is 0 Å². The van der Waals surface area contributed by atoms with E-state index in [1.807, 2.05) is 0 Å². The molecule has 3 heterocycles. The molecule has 2 aliphatic rings. The molecule has 0 saturated carbocycles. The van der Waals surface area contributed by atoms with Crippen LogP contribution in [0.1, 0.15) is 31.4 Å². The quantitative estimate of drug-likeness (QED) is 0.822. The molecule has 3 rings (SSSR count). The molecule has 1 amide bonds. The summed E-state index contributed by atoms with van der Waals surface area (Å²) in [5.41, 5.74) is 1.10. The summed E-state index contributed by atoms with van der Waals surface area (Å²) in [7, 11) is 0. The third-order valence-electron chi connectivity index (χ3n) is 4.26. The van der Waals surface area contributed by atoms with Crippen molar-refractivity contribution in [3.05, 3.63) is 11.1 Å². The first-order valence-electron chi connectivity index (χ1n) is 8.01. The maximum atomic E-state index is 12.0. The van der Waals surface area contributed by atoms with Gasteiger partial charge in [-0.1, -0.05) is 0 Å². The maximum Gasteiger partial charge on any atom is 0.224 e. The molecule has 1 aromatic heterocycles. The van der Waals surface area contributed by atoms with Crippen molar-refractivity contribution in [2.24, 2.45) is 5.92 Å². The van der Waals surface area contributed by atoms with Gasteiger partial charge in [0.15, 0.2) is 5.13 Å². The van der Waals surface area contributed by atoms with Gasteiger partial charge in [0.2, 0.25) is 5.91 Å². The Morgan fingerprint density at radius 3 is 2.83 bits per heavy atom. The lowest BCUT2D eigenvalue weighted by atomic mass is 9.99. The summed E-state index contributed by atoms with van der Waals surface area (Å²) in [6.45, 7) is 4.83. The summed E-state index contributed by atoms with van der Waals surface area (Å²) in [4.78, 5) is 19.1. The maximum absolute atomic E-state index is 12.0. The van der Waals surface area contributed by atoms with E-state index in [1.54, 1.807) is 11.3 Å². The Kier molecular flexibility index (Phi) is 9.20. The second-order valence-corrected chi connectivity index (χ2v) is 6.74. The summed E-state index contributed by atoms with van der Waals surface area (Å²) < 4.78 is 0. The van der Waals surface area contributed by atoms with Crippen molar-refractivity contribution in [3.8, 4) is 0 Å². The van der Waals surface area contributed by atoms with Crippen LogP contribution in [-0.2, 0) is 11.2 Å². The van der Waals surface area contributed by atoms with Gasteiger partial charge in [0, 0.05) is 38.0 Å². The van der Waals surface area contributed by atoms with Crippen molar-refractivity contribution in [1.29, 1.82) is 0 Å². The van der Waals surface area contributed by atoms with Crippen molar-refractivity contribution in [2.75, 3.05) is 37.6 Å². The molecule has 0 aliphatic carbocycles. The molecule has 132 valence electrons. The van der Waals surface area contributed by atoms with Gasteiger partial charge in [-0.05, 0) is 32.2 Å². The Hall–Kier alpha value is -0.560. The number of amides is 1. The van der Waals surface area contributed by atoms with E-state index in [1.165, 1.54) is 12.8 Å². The Balaban J connectivity index is 0.00000132. The topological polar surface area (TPSA) is 57.3 Å². The Labute approximate surface area is 154 Å². The molecule has 1 aromatic rings. The van der Waals surface area contributed by atoms with E-state index < -0.39 is 0 Å². The lowest BCUT2D eigenvalue weighted by Crippen LogP contribution is -2.41. The van der Waals surface area contributed by atoms with Crippen LogP contribution in [0.15, 0.2) is 5.38 Å². The summed E-state index contributed by atoms with van der Waals surface area (Å²) in [5, 5.41) is 9.60. The first kappa shape index (κ1) is 20.5. The van der Waals surface area contributed by atoms with Crippen molar-refractivity contribution in [2.45, 2.75) is 32.1 Å². The molecule has 2 fully saturated rings. The average Bonchev–Trinajstić information content (AvgIpc) is 3.19.